The number of nitro groups is 2. The molecule has 0 radical (unpaired) electrons. The number of hydroxylamine groups is 3. The van der Waals surface area contributed by atoms with Crippen LogP contribution in [0, 0.1) is 25.4 Å². The minimum Gasteiger partial charge on any atom is -1.00 e. The van der Waals surface area contributed by atoms with Gasteiger partial charge >= 0.3 is 11.6 Å². The fraction of sp³-hybridized carbons (Fsp3) is 0. The fourth-order valence-electron chi connectivity index (χ4n) is 0.641. The van der Waals surface area contributed by atoms with E-state index >= 15 is 0 Å². The Hall–Kier alpha value is -1.20. The molecule has 0 aromatic carbocycles. The highest BCUT2D eigenvalue weighted by Gasteiger charge is 2.52. The van der Waals surface area contributed by atoms with Gasteiger partial charge in [0.05, 0.1) is 4.58 Å². The van der Waals surface area contributed by atoms with Crippen LogP contribution in [0.25, 0.3) is 0 Å². The van der Waals surface area contributed by atoms with Crippen LogP contribution in [-0.4, -0.2) is 14.4 Å². The molecule has 80 valence electrons. The Morgan fingerprint density at radius 1 is 1.36 bits per heavy atom. The Labute approximate surface area is 86.6 Å². The van der Waals surface area contributed by atoms with Crippen molar-refractivity contribution < 1.29 is 32.4 Å². The lowest BCUT2D eigenvalue weighted by molar-refractivity contribution is -1.06. The number of quaternary nitrogens is 1. The maximum Gasteiger partial charge on any atom is 0.560 e. The summed E-state index contributed by atoms with van der Waals surface area (Å²) in [4.78, 5) is 21.8. The third-order valence-electron chi connectivity index (χ3n) is 1.09. The molecule has 0 spiro atoms. The number of hydrogen-bond donors (Lipinski definition) is 1. The zero-order valence-corrected chi connectivity index (χ0v) is 7.56. The van der Waals surface area contributed by atoms with Crippen molar-refractivity contribution in [2.75, 3.05) is 0 Å². The molecule has 10 nitrogen and oxygen atoms in total. The lowest BCUT2D eigenvalue weighted by Gasteiger charge is -2.02. The zero-order valence-electron chi connectivity index (χ0n) is 6.05. The van der Waals surface area contributed by atoms with Gasteiger partial charge in [-0.1, -0.05) is 5.23 Å². The normalized spacial score (nSPS) is 20.7. The van der Waals surface area contributed by atoms with Gasteiger partial charge < -0.3 is 27.7 Å². The van der Waals surface area contributed by atoms with E-state index in [1.807, 2.05) is 0 Å². The summed E-state index contributed by atoms with van der Waals surface area (Å²) < 4.78 is -0.0829. The van der Waals surface area contributed by atoms with Crippen molar-refractivity contribution in [2.45, 2.75) is 0 Å². The number of halogens is 2. The topological polar surface area (TPSA) is 126 Å². The molecule has 0 aromatic rings. The van der Waals surface area contributed by atoms with E-state index in [2.05, 4.69) is 4.94 Å². The third-order valence-corrected chi connectivity index (χ3v) is 1.32. The van der Waals surface area contributed by atoms with Crippen LogP contribution in [0.3, 0.4) is 0 Å². The van der Waals surface area contributed by atoms with E-state index in [1.54, 1.807) is 0 Å². The van der Waals surface area contributed by atoms with Gasteiger partial charge in [0, 0.05) is 4.94 Å². The Balaban J connectivity index is 0.00000169. The molecule has 1 atom stereocenters. The number of nitrogens with zero attached hydrogens (tertiary/aromatic N) is 3. The quantitative estimate of drug-likeness (QED) is 0.225. The molecular weight excluding hydrogens is 247 g/mol. The van der Waals surface area contributed by atoms with Gasteiger partial charge in [-0.25, -0.2) is 0 Å². The zero-order chi connectivity index (χ0) is 10.2. The molecule has 1 aliphatic heterocycles. The first-order valence-corrected chi connectivity index (χ1v) is 3.00. The Kier molecular flexibility index (Phi) is 3.97. The first kappa shape index (κ1) is 12.8. The highest BCUT2D eigenvalue weighted by Crippen LogP contribution is 2.15. The number of rotatable bonds is 2. The monoisotopic (exact) mass is 247 g/mol. The summed E-state index contributed by atoms with van der Waals surface area (Å²) >= 11 is 4.99. The van der Waals surface area contributed by atoms with E-state index in [0.717, 1.165) is 0 Å². The number of nitrogens with one attached hydrogen (secondary N) is 1. The van der Waals surface area contributed by atoms with Gasteiger partial charge in [-0.05, 0) is 4.92 Å². The van der Waals surface area contributed by atoms with Crippen molar-refractivity contribution in [3.8, 4) is 0 Å². The van der Waals surface area contributed by atoms with Crippen LogP contribution >= 0.6 is 11.8 Å². The van der Waals surface area contributed by atoms with Crippen LogP contribution in [0.4, 0.5) is 0 Å². The van der Waals surface area contributed by atoms with Crippen molar-refractivity contribution in [3.05, 3.63) is 37.1 Å². The molecule has 1 aliphatic rings. The summed E-state index contributed by atoms with van der Waals surface area (Å²) in [5.74, 6) is -2.49. The van der Waals surface area contributed by atoms with Crippen LogP contribution in [0.2, 0.25) is 0 Å². The lowest BCUT2D eigenvalue weighted by Crippen LogP contribution is -3.04. The molecule has 0 saturated heterocycles. The summed E-state index contributed by atoms with van der Waals surface area (Å²) in [6.45, 7) is 0. The van der Waals surface area contributed by atoms with Gasteiger partial charge in [-0.3, -0.25) is 10.1 Å². The molecular formula is C2HCl2N4O6-. The molecule has 1 heterocycles. The minimum absolute atomic E-state index is 0. The van der Waals surface area contributed by atoms with E-state index in [-0.39, 0.29) is 17.0 Å². The van der Waals surface area contributed by atoms with Gasteiger partial charge in [0.25, 0.3) is 0 Å². The Bertz CT molecular complexity index is 276. The highest BCUT2D eigenvalue weighted by atomic mass is 35.5. The predicted molar refractivity (Wildman–Crippen MR) is 34.1 cm³/mol. The maximum atomic E-state index is 10.6. The SMILES string of the molecule is O=[N+]([O-])C1=C([N+](=O)[O-])[NH+]([O-])ON1Cl.[Cl-]. The molecule has 0 saturated carbocycles. The molecule has 1 rings (SSSR count). The van der Waals surface area contributed by atoms with E-state index < -0.39 is 26.7 Å². The van der Waals surface area contributed by atoms with Gasteiger partial charge in [0.2, 0.25) is 0 Å². The smallest absolute Gasteiger partial charge is 0.560 e. The van der Waals surface area contributed by atoms with Gasteiger partial charge in [-0.2, -0.15) is 0 Å². The van der Waals surface area contributed by atoms with Gasteiger partial charge in [-0.15, -0.1) is 0 Å². The fourth-order valence-corrected chi connectivity index (χ4v) is 0.845. The lowest BCUT2D eigenvalue weighted by atomic mass is 10.7. The van der Waals surface area contributed by atoms with Crippen molar-refractivity contribution in [1.29, 1.82) is 0 Å². The maximum absolute atomic E-state index is 10.6. The van der Waals surface area contributed by atoms with E-state index in [1.165, 1.54) is 0 Å². The molecule has 12 heteroatoms. The summed E-state index contributed by atoms with van der Waals surface area (Å²) in [6, 6.07) is 0. The molecule has 0 bridgehead atoms. The summed E-state index contributed by atoms with van der Waals surface area (Å²) in [5, 5.41) is 29.4. The van der Waals surface area contributed by atoms with Crippen molar-refractivity contribution in [1.82, 2.24) is 4.58 Å². The first-order valence-electron chi connectivity index (χ1n) is 2.66. The first-order chi connectivity index (χ1) is 5.95. The predicted octanol–water partition coefficient (Wildman–Crippen LogP) is -4.63. The molecule has 14 heavy (non-hydrogen) atoms. The van der Waals surface area contributed by atoms with Crippen molar-refractivity contribution in [2.24, 2.45) is 0 Å². The van der Waals surface area contributed by atoms with E-state index in [9.17, 15) is 25.4 Å². The van der Waals surface area contributed by atoms with Gasteiger partial charge in [0.15, 0.2) is 11.8 Å². The summed E-state index contributed by atoms with van der Waals surface area (Å²) in [5.41, 5.74) is 0. The molecule has 0 aliphatic carbocycles. The number of hydrogen-bond acceptors (Lipinski definition) is 7. The third kappa shape index (κ3) is 2.00. The van der Waals surface area contributed by atoms with Gasteiger partial charge in [0.1, 0.15) is 4.92 Å². The summed E-state index contributed by atoms with van der Waals surface area (Å²) in [7, 11) is 0. The standard InChI is InChI=1S/C2HClN4O6.ClH/c3-4-1(5(8)9)2(6(10)11)7(12)13-4;/h7H;1H/p-1. The Morgan fingerprint density at radius 3 is 2.14 bits per heavy atom. The van der Waals surface area contributed by atoms with E-state index in [0.29, 0.717) is 0 Å². The Morgan fingerprint density at radius 2 is 1.86 bits per heavy atom. The second-order valence-electron chi connectivity index (χ2n) is 1.81. The second-order valence-corrected chi connectivity index (χ2v) is 2.12. The molecule has 0 amide bonds. The molecule has 0 aromatic heterocycles. The summed E-state index contributed by atoms with van der Waals surface area (Å²) in [6.07, 6.45) is 0. The minimum atomic E-state index is -1.47. The van der Waals surface area contributed by atoms with E-state index in [4.69, 9.17) is 11.8 Å². The van der Waals surface area contributed by atoms with Crippen LogP contribution in [-0.2, 0) is 4.94 Å². The van der Waals surface area contributed by atoms with Crippen LogP contribution in [0.1, 0.15) is 0 Å². The van der Waals surface area contributed by atoms with Crippen LogP contribution in [0.5, 0.6) is 0 Å². The van der Waals surface area contributed by atoms with Crippen LogP contribution < -0.4 is 17.6 Å². The molecule has 1 N–H and O–H groups in total. The van der Waals surface area contributed by atoms with Crippen molar-refractivity contribution >= 4 is 11.8 Å². The largest absolute Gasteiger partial charge is 1.00 e. The average Bonchev–Trinajstić information content (AvgIpc) is 2.24. The average molecular weight is 248 g/mol. The second kappa shape index (κ2) is 4.34. The molecule has 0 fully saturated rings. The highest BCUT2D eigenvalue weighted by molar-refractivity contribution is 6.13. The van der Waals surface area contributed by atoms with Crippen LogP contribution in [0.15, 0.2) is 11.6 Å². The van der Waals surface area contributed by atoms with Crippen molar-refractivity contribution in [3.63, 3.8) is 0 Å². The molecule has 1 unspecified atom stereocenters.